The summed E-state index contributed by atoms with van der Waals surface area (Å²) >= 11 is 0. The highest BCUT2D eigenvalue weighted by atomic mass is 32.2. The van der Waals surface area contributed by atoms with Crippen LogP contribution < -0.4 is 0 Å². The maximum atomic E-state index is 13.2. The number of aliphatic carboxylic acids is 1. The zero-order valence-electron chi connectivity index (χ0n) is 7.65. The Hall–Kier alpha value is -0.650. The molecule has 0 radical (unpaired) electrons. The Morgan fingerprint density at radius 3 is 2.64 bits per heavy atom. The average Bonchev–Trinajstić information content (AvgIpc) is 2.00. The molecule has 6 heteroatoms. The third kappa shape index (κ3) is 3.25. The smallest absolute Gasteiger partial charge is 0.303 e. The van der Waals surface area contributed by atoms with Crippen molar-refractivity contribution in [1.82, 2.24) is 0 Å². The van der Waals surface area contributed by atoms with Crippen LogP contribution in [-0.2, 0) is 14.6 Å². The Kier molecular flexibility index (Phi) is 3.47. The van der Waals surface area contributed by atoms with Crippen LogP contribution >= 0.6 is 0 Å². The van der Waals surface area contributed by atoms with E-state index >= 15 is 0 Å². The topological polar surface area (TPSA) is 71.4 Å². The molecule has 1 fully saturated rings. The molecule has 1 saturated heterocycles. The average molecular weight is 224 g/mol. The number of rotatable bonds is 3. The summed E-state index contributed by atoms with van der Waals surface area (Å²) in [6.07, 6.45) is -1.01. The number of hydrogen-bond donors (Lipinski definition) is 1. The first kappa shape index (κ1) is 11.4. The molecule has 0 unspecified atom stereocenters. The van der Waals surface area contributed by atoms with Gasteiger partial charge in [0.25, 0.3) is 0 Å². The third-order valence-electron chi connectivity index (χ3n) is 2.45. The SMILES string of the molecule is O=C(O)CC[C@@H]1CCS(=O)(=O)C[C@H]1F. The van der Waals surface area contributed by atoms with Crippen molar-refractivity contribution in [1.29, 1.82) is 0 Å². The number of alkyl halides is 1. The largest absolute Gasteiger partial charge is 0.481 e. The van der Waals surface area contributed by atoms with Crippen molar-refractivity contribution in [2.45, 2.75) is 25.4 Å². The van der Waals surface area contributed by atoms with E-state index in [1.807, 2.05) is 0 Å². The summed E-state index contributed by atoms with van der Waals surface area (Å²) in [6, 6.07) is 0. The van der Waals surface area contributed by atoms with Crippen molar-refractivity contribution in [3.8, 4) is 0 Å². The summed E-state index contributed by atoms with van der Waals surface area (Å²) in [5.41, 5.74) is 0. The molecule has 0 saturated carbocycles. The number of hydrogen-bond acceptors (Lipinski definition) is 3. The zero-order chi connectivity index (χ0) is 10.8. The first-order chi connectivity index (χ1) is 6.41. The molecule has 0 amide bonds. The van der Waals surface area contributed by atoms with E-state index in [1.165, 1.54) is 0 Å². The van der Waals surface area contributed by atoms with Gasteiger partial charge in [-0.1, -0.05) is 0 Å². The number of sulfone groups is 1. The van der Waals surface area contributed by atoms with E-state index in [4.69, 9.17) is 5.11 Å². The van der Waals surface area contributed by atoms with Gasteiger partial charge in [0.15, 0.2) is 9.84 Å². The number of carboxylic acids is 1. The molecule has 2 atom stereocenters. The van der Waals surface area contributed by atoms with E-state index in [0.29, 0.717) is 0 Å². The summed E-state index contributed by atoms with van der Waals surface area (Å²) in [6.45, 7) is 0. The molecule has 0 aromatic heterocycles. The van der Waals surface area contributed by atoms with E-state index in [9.17, 15) is 17.6 Å². The van der Waals surface area contributed by atoms with Crippen LogP contribution in [0.25, 0.3) is 0 Å². The van der Waals surface area contributed by atoms with Crippen molar-refractivity contribution < 1.29 is 22.7 Å². The Balaban J connectivity index is 2.46. The first-order valence-electron chi connectivity index (χ1n) is 4.47. The second kappa shape index (κ2) is 4.25. The lowest BCUT2D eigenvalue weighted by Crippen LogP contribution is -2.34. The van der Waals surface area contributed by atoms with Gasteiger partial charge in [-0.3, -0.25) is 4.79 Å². The van der Waals surface area contributed by atoms with E-state index in [1.54, 1.807) is 0 Å². The number of carbonyl (C=O) groups is 1. The van der Waals surface area contributed by atoms with Crippen molar-refractivity contribution in [3.05, 3.63) is 0 Å². The lowest BCUT2D eigenvalue weighted by atomic mass is 9.95. The zero-order valence-corrected chi connectivity index (χ0v) is 8.46. The van der Waals surface area contributed by atoms with Gasteiger partial charge in [0, 0.05) is 6.42 Å². The quantitative estimate of drug-likeness (QED) is 0.763. The van der Waals surface area contributed by atoms with Gasteiger partial charge in [0.2, 0.25) is 0 Å². The molecule has 1 heterocycles. The lowest BCUT2D eigenvalue weighted by molar-refractivity contribution is -0.137. The molecule has 1 aliphatic heterocycles. The van der Waals surface area contributed by atoms with Gasteiger partial charge in [0.1, 0.15) is 6.17 Å². The summed E-state index contributed by atoms with van der Waals surface area (Å²) in [7, 11) is -3.23. The molecule has 14 heavy (non-hydrogen) atoms. The maximum Gasteiger partial charge on any atom is 0.303 e. The molecular formula is C8H13FO4S. The molecule has 1 aliphatic rings. The molecule has 0 aliphatic carbocycles. The Labute approximate surface area is 82.0 Å². The molecule has 1 N–H and O–H groups in total. The molecular weight excluding hydrogens is 211 g/mol. The third-order valence-corrected chi connectivity index (χ3v) is 4.14. The van der Waals surface area contributed by atoms with E-state index in [0.717, 1.165) is 0 Å². The van der Waals surface area contributed by atoms with Crippen molar-refractivity contribution in [2.24, 2.45) is 5.92 Å². The van der Waals surface area contributed by atoms with Crippen molar-refractivity contribution in [3.63, 3.8) is 0 Å². The second-order valence-electron chi connectivity index (χ2n) is 3.61. The molecule has 0 spiro atoms. The van der Waals surface area contributed by atoms with E-state index in [2.05, 4.69) is 0 Å². The van der Waals surface area contributed by atoms with Crippen LogP contribution in [0, 0.1) is 5.92 Å². The summed E-state index contributed by atoms with van der Waals surface area (Å²) in [4.78, 5) is 10.2. The molecule has 0 bridgehead atoms. The van der Waals surface area contributed by atoms with Crippen LogP contribution in [0.15, 0.2) is 0 Å². The van der Waals surface area contributed by atoms with E-state index in [-0.39, 0.29) is 25.0 Å². The highest BCUT2D eigenvalue weighted by Crippen LogP contribution is 2.26. The van der Waals surface area contributed by atoms with Crippen LogP contribution in [0.5, 0.6) is 0 Å². The van der Waals surface area contributed by atoms with Gasteiger partial charge in [0.05, 0.1) is 11.5 Å². The van der Waals surface area contributed by atoms with Gasteiger partial charge in [-0.05, 0) is 18.8 Å². The fourth-order valence-corrected chi connectivity index (χ4v) is 3.19. The van der Waals surface area contributed by atoms with Gasteiger partial charge in [-0.2, -0.15) is 0 Å². The predicted molar refractivity (Wildman–Crippen MR) is 48.5 cm³/mol. The molecule has 4 nitrogen and oxygen atoms in total. The fourth-order valence-electron chi connectivity index (χ4n) is 1.61. The standard InChI is InChI=1S/C8H13FO4S/c9-7-5-14(12,13)4-3-6(7)1-2-8(10)11/h6-7H,1-5H2,(H,10,11)/t6-,7-/m1/s1. The molecule has 0 aromatic carbocycles. The van der Waals surface area contributed by atoms with Crippen molar-refractivity contribution in [2.75, 3.05) is 11.5 Å². The second-order valence-corrected chi connectivity index (χ2v) is 5.84. The fraction of sp³-hybridized carbons (Fsp3) is 0.875. The van der Waals surface area contributed by atoms with Crippen LogP contribution in [0.2, 0.25) is 0 Å². The highest BCUT2D eigenvalue weighted by molar-refractivity contribution is 7.91. The van der Waals surface area contributed by atoms with Crippen LogP contribution in [-0.4, -0.2) is 37.2 Å². The highest BCUT2D eigenvalue weighted by Gasteiger charge is 2.33. The van der Waals surface area contributed by atoms with Crippen LogP contribution in [0.1, 0.15) is 19.3 Å². The summed E-state index contributed by atoms with van der Waals surface area (Å²) in [5.74, 6) is -1.84. The molecule has 82 valence electrons. The molecule has 0 aromatic rings. The summed E-state index contributed by atoms with van der Waals surface area (Å²) in [5, 5.41) is 8.39. The Morgan fingerprint density at radius 1 is 1.50 bits per heavy atom. The lowest BCUT2D eigenvalue weighted by Gasteiger charge is -2.25. The van der Waals surface area contributed by atoms with Gasteiger partial charge in [-0.25, -0.2) is 12.8 Å². The van der Waals surface area contributed by atoms with Crippen molar-refractivity contribution >= 4 is 15.8 Å². The molecule has 1 rings (SSSR count). The minimum absolute atomic E-state index is 0.0162. The van der Waals surface area contributed by atoms with Gasteiger partial charge < -0.3 is 5.11 Å². The normalized spacial score (nSPS) is 31.2. The number of halogens is 1. The number of carboxylic acid groups (broad SMARTS) is 1. The minimum atomic E-state index is -3.23. The van der Waals surface area contributed by atoms with Gasteiger partial charge in [-0.15, -0.1) is 0 Å². The van der Waals surface area contributed by atoms with Crippen LogP contribution in [0.3, 0.4) is 0 Å². The monoisotopic (exact) mass is 224 g/mol. The predicted octanol–water partition coefficient (Wildman–Crippen LogP) is 0.624. The maximum absolute atomic E-state index is 13.2. The first-order valence-corrected chi connectivity index (χ1v) is 6.29. The van der Waals surface area contributed by atoms with E-state index < -0.39 is 33.6 Å². The Morgan fingerprint density at radius 2 is 2.14 bits per heavy atom. The summed E-state index contributed by atoms with van der Waals surface area (Å²) < 4.78 is 35.2. The van der Waals surface area contributed by atoms with Crippen LogP contribution in [0.4, 0.5) is 4.39 Å². The minimum Gasteiger partial charge on any atom is -0.481 e. The Bertz CT molecular complexity index is 311. The van der Waals surface area contributed by atoms with Gasteiger partial charge >= 0.3 is 5.97 Å².